The summed E-state index contributed by atoms with van der Waals surface area (Å²) in [5, 5.41) is 5.39. The molecule has 0 fully saturated rings. The first-order valence-electron chi connectivity index (χ1n) is 7.85. The van der Waals surface area contributed by atoms with Crippen molar-refractivity contribution in [1.82, 2.24) is 4.90 Å². The van der Waals surface area contributed by atoms with Crippen LogP contribution in [0.1, 0.15) is 5.56 Å². The summed E-state index contributed by atoms with van der Waals surface area (Å²) >= 11 is 5.95. The molecule has 0 aliphatic rings. The molecule has 0 heterocycles. The van der Waals surface area contributed by atoms with Crippen molar-refractivity contribution in [3.05, 3.63) is 59.1 Å². The molecule has 2 amide bonds. The maximum absolute atomic E-state index is 12.7. The third-order valence-corrected chi connectivity index (χ3v) is 3.78. The highest BCUT2D eigenvalue weighted by Gasteiger charge is 2.30. The average Bonchev–Trinajstić information content (AvgIpc) is 2.56. The predicted octanol–water partition coefficient (Wildman–Crippen LogP) is 3.87. The number of anilines is 2. The second-order valence-corrected chi connectivity index (χ2v) is 6.23. The Balaban J connectivity index is 1.87. The fourth-order valence-electron chi connectivity index (χ4n) is 2.27. The lowest BCUT2D eigenvalue weighted by Gasteiger charge is -2.16. The fraction of sp³-hybridized carbons (Fsp3) is 0.222. The number of benzene rings is 2. The summed E-state index contributed by atoms with van der Waals surface area (Å²) < 4.78 is 38.1. The van der Waals surface area contributed by atoms with E-state index in [9.17, 15) is 22.8 Å². The SMILES string of the molecule is CN(CC(=O)Nc1cccc(C(F)(F)F)c1)CC(=O)Nc1ccccc1Cl. The summed E-state index contributed by atoms with van der Waals surface area (Å²) in [5.41, 5.74) is -0.373. The van der Waals surface area contributed by atoms with Gasteiger partial charge in [-0.25, -0.2) is 0 Å². The summed E-state index contributed by atoms with van der Waals surface area (Å²) in [5.74, 6) is -0.917. The maximum atomic E-state index is 12.7. The highest BCUT2D eigenvalue weighted by molar-refractivity contribution is 6.33. The van der Waals surface area contributed by atoms with E-state index in [-0.39, 0.29) is 24.7 Å². The van der Waals surface area contributed by atoms with Gasteiger partial charge in [0.1, 0.15) is 0 Å². The molecule has 27 heavy (non-hydrogen) atoms. The Bertz CT molecular complexity index is 827. The molecule has 9 heteroatoms. The van der Waals surface area contributed by atoms with Crippen LogP contribution in [0.25, 0.3) is 0 Å². The maximum Gasteiger partial charge on any atom is 0.416 e. The number of rotatable bonds is 6. The summed E-state index contributed by atoms with van der Waals surface area (Å²) in [6.45, 7) is -0.270. The van der Waals surface area contributed by atoms with E-state index in [1.807, 2.05) is 0 Å². The first kappa shape index (κ1) is 20.7. The van der Waals surface area contributed by atoms with Gasteiger partial charge in [-0.1, -0.05) is 29.8 Å². The molecule has 0 saturated carbocycles. The van der Waals surface area contributed by atoms with E-state index in [1.165, 1.54) is 24.1 Å². The molecule has 5 nitrogen and oxygen atoms in total. The number of para-hydroxylation sites is 1. The van der Waals surface area contributed by atoms with E-state index >= 15 is 0 Å². The minimum atomic E-state index is -4.49. The summed E-state index contributed by atoms with van der Waals surface area (Å²) in [7, 11) is 1.54. The lowest BCUT2D eigenvalue weighted by molar-refractivity contribution is -0.137. The lowest BCUT2D eigenvalue weighted by Crippen LogP contribution is -2.36. The zero-order valence-electron chi connectivity index (χ0n) is 14.3. The smallest absolute Gasteiger partial charge is 0.325 e. The zero-order chi connectivity index (χ0) is 20.0. The Labute approximate surface area is 159 Å². The summed E-state index contributed by atoms with van der Waals surface area (Å²) in [6.07, 6.45) is -4.49. The zero-order valence-corrected chi connectivity index (χ0v) is 15.1. The van der Waals surface area contributed by atoms with Gasteiger partial charge in [-0.05, 0) is 37.4 Å². The molecule has 0 saturated heterocycles. The van der Waals surface area contributed by atoms with Gasteiger partial charge in [-0.3, -0.25) is 14.5 Å². The number of carbonyl (C=O) groups excluding carboxylic acids is 2. The number of hydrogen-bond donors (Lipinski definition) is 2. The van der Waals surface area contributed by atoms with Crippen molar-refractivity contribution in [2.75, 3.05) is 30.8 Å². The molecule has 2 rings (SSSR count). The van der Waals surface area contributed by atoms with Crippen LogP contribution in [0.2, 0.25) is 5.02 Å². The molecular weight excluding hydrogens is 383 g/mol. The van der Waals surface area contributed by atoms with Crippen molar-refractivity contribution in [3.8, 4) is 0 Å². The molecule has 2 aromatic carbocycles. The van der Waals surface area contributed by atoms with Crippen molar-refractivity contribution < 1.29 is 22.8 Å². The van der Waals surface area contributed by atoms with Crippen LogP contribution in [0.3, 0.4) is 0 Å². The fourth-order valence-corrected chi connectivity index (χ4v) is 2.46. The van der Waals surface area contributed by atoms with Gasteiger partial charge in [0.05, 0.1) is 29.4 Å². The molecule has 144 valence electrons. The van der Waals surface area contributed by atoms with Gasteiger partial charge in [0.15, 0.2) is 0 Å². The van der Waals surface area contributed by atoms with E-state index in [2.05, 4.69) is 10.6 Å². The van der Waals surface area contributed by atoms with Crippen LogP contribution in [0, 0.1) is 0 Å². The Hall–Kier alpha value is -2.58. The van der Waals surface area contributed by atoms with E-state index < -0.39 is 17.6 Å². The van der Waals surface area contributed by atoms with Crippen LogP contribution in [-0.2, 0) is 15.8 Å². The number of hydrogen-bond acceptors (Lipinski definition) is 3. The largest absolute Gasteiger partial charge is 0.416 e. The number of nitrogens with one attached hydrogen (secondary N) is 2. The van der Waals surface area contributed by atoms with Crippen LogP contribution in [0.4, 0.5) is 24.5 Å². The minimum Gasteiger partial charge on any atom is -0.325 e. The Morgan fingerprint density at radius 1 is 1.00 bits per heavy atom. The second kappa shape index (κ2) is 8.88. The topological polar surface area (TPSA) is 61.4 Å². The molecule has 0 bridgehead atoms. The van der Waals surface area contributed by atoms with Crippen LogP contribution in [-0.4, -0.2) is 36.9 Å². The van der Waals surface area contributed by atoms with Crippen molar-refractivity contribution in [2.24, 2.45) is 0 Å². The molecular formula is C18H17ClF3N3O2. The van der Waals surface area contributed by atoms with Gasteiger partial charge < -0.3 is 10.6 Å². The number of nitrogens with zero attached hydrogens (tertiary/aromatic N) is 1. The number of amides is 2. The van der Waals surface area contributed by atoms with Crippen molar-refractivity contribution in [3.63, 3.8) is 0 Å². The molecule has 0 unspecified atom stereocenters. The normalized spacial score (nSPS) is 11.3. The first-order valence-corrected chi connectivity index (χ1v) is 8.23. The van der Waals surface area contributed by atoms with Crippen LogP contribution in [0.5, 0.6) is 0 Å². The van der Waals surface area contributed by atoms with Crippen molar-refractivity contribution >= 4 is 34.8 Å². The van der Waals surface area contributed by atoms with Crippen LogP contribution >= 0.6 is 11.6 Å². The molecule has 0 atom stereocenters. The van der Waals surface area contributed by atoms with E-state index in [0.717, 1.165) is 12.1 Å². The lowest BCUT2D eigenvalue weighted by atomic mass is 10.2. The van der Waals surface area contributed by atoms with Crippen LogP contribution in [0.15, 0.2) is 48.5 Å². The quantitative estimate of drug-likeness (QED) is 0.775. The standard InChI is InChI=1S/C18H17ClF3N3O2/c1-25(11-17(27)24-15-8-3-2-7-14(15)19)10-16(26)23-13-6-4-5-12(9-13)18(20,21)22/h2-9H,10-11H2,1H3,(H,23,26)(H,24,27). The van der Waals surface area contributed by atoms with Gasteiger partial charge in [0, 0.05) is 5.69 Å². The molecule has 0 radical (unpaired) electrons. The molecule has 2 aromatic rings. The third-order valence-electron chi connectivity index (χ3n) is 3.45. The third kappa shape index (κ3) is 6.58. The Morgan fingerprint density at radius 3 is 2.26 bits per heavy atom. The molecule has 0 aliphatic heterocycles. The molecule has 0 aromatic heterocycles. The van der Waals surface area contributed by atoms with Gasteiger partial charge in [-0.15, -0.1) is 0 Å². The van der Waals surface area contributed by atoms with Crippen molar-refractivity contribution in [1.29, 1.82) is 0 Å². The second-order valence-electron chi connectivity index (χ2n) is 5.83. The monoisotopic (exact) mass is 399 g/mol. The average molecular weight is 400 g/mol. The minimum absolute atomic E-state index is 0.0312. The molecule has 0 spiro atoms. The van der Waals surface area contributed by atoms with Gasteiger partial charge >= 0.3 is 6.18 Å². The predicted molar refractivity (Wildman–Crippen MR) is 97.7 cm³/mol. The van der Waals surface area contributed by atoms with Gasteiger partial charge in [0.25, 0.3) is 0 Å². The highest BCUT2D eigenvalue weighted by atomic mass is 35.5. The molecule has 0 aliphatic carbocycles. The summed E-state index contributed by atoms with van der Waals surface area (Å²) in [6, 6.07) is 11.0. The Kier molecular flexibility index (Phi) is 6.81. The first-order chi connectivity index (χ1) is 12.6. The van der Waals surface area contributed by atoms with E-state index in [1.54, 1.807) is 24.3 Å². The van der Waals surface area contributed by atoms with Gasteiger partial charge in [-0.2, -0.15) is 13.2 Å². The summed E-state index contributed by atoms with van der Waals surface area (Å²) in [4.78, 5) is 25.4. The van der Waals surface area contributed by atoms with Gasteiger partial charge in [0.2, 0.25) is 11.8 Å². The van der Waals surface area contributed by atoms with E-state index in [4.69, 9.17) is 11.6 Å². The van der Waals surface area contributed by atoms with Crippen LogP contribution < -0.4 is 10.6 Å². The number of halogens is 4. The van der Waals surface area contributed by atoms with Crippen molar-refractivity contribution in [2.45, 2.75) is 6.18 Å². The number of alkyl halides is 3. The molecule has 2 N–H and O–H groups in total. The number of carbonyl (C=O) groups is 2. The number of likely N-dealkylation sites (N-methyl/N-ethyl adjacent to an activating group) is 1. The van der Waals surface area contributed by atoms with E-state index in [0.29, 0.717) is 10.7 Å². The highest BCUT2D eigenvalue weighted by Crippen LogP contribution is 2.30. The Morgan fingerprint density at radius 2 is 1.63 bits per heavy atom.